The van der Waals surface area contributed by atoms with E-state index in [1.165, 1.54) is 12.3 Å². The van der Waals surface area contributed by atoms with E-state index in [2.05, 4.69) is 15.8 Å². The Morgan fingerprint density at radius 3 is 2.82 bits per heavy atom. The van der Waals surface area contributed by atoms with E-state index in [0.29, 0.717) is 15.6 Å². The lowest BCUT2D eigenvalue weighted by atomic mass is 10.3. The highest BCUT2D eigenvalue weighted by Crippen LogP contribution is 2.22. The molecule has 0 bridgehead atoms. The number of thiophene rings is 1. The molecule has 0 aliphatic carbocycles. The van der Waals surface area contributed by atoms with Gasteiger partial charge in [0.1, 0.15) is 0 Å². The number of halogens is 1. The van der Waals surface area contributed by atoms with Gasteiger partial charge in [0.25, 0.3) is 5.91 Å². The Bertz CT molecular complexity index is 717. The summed E-state index contributed by atoms with van der Waals surface area (Å²) in [5.41, 5.74) is 2.97. The zero-order valence-corrected chi connectivity index (χ0v) is 12.7. The molecule has 9 heteroatoms. The number of anilines is 1. The first-order valence-electron chi connectivity index (χ1n) is 6.11. The van der Waals surface area contributed by atoms with Gasteiger partial charge in [0.15, 0.2) is 0 Å². The number of hydrogen-bond acceptors (Lipinski definition) is 6. The van der Waals surface area contributed by atoms with Gasteiger partial charge in [-0.2, -0.15) is 5.10 Å². The van der Waals surface area contributed by atoms with Gasteiger partial charge in [-0.15, -0.1) is 0 Å². The summed E-state index contributed by atoms with van der Waals surface area (Å²) in [6.45, 7) is 0.00562. The second-order valence-corrected chi connectivity index (χ2v) is 5.56. The van der Waals surface area contributed by atoms with Gasteiger partial charge in [0.2, 0.25) is 0 Å². The van der Waals surface area contributed by atoms with Crippen LogP contribution >= 0.6 is 22.9 Å². The second kappa shape index (κ2) is 7.53. The number of hydrazone groups is 1. The molecule has 0 aliphatic rings. The molecule has 0 atom stereocenters. The topological polar surface area (TPSA) is 96.6 Å². The number of nitro groups is 1. The van der Waals surface area contributed by atoms with Crippen molar-refractivity contribution in [3.63, 3.8) is 0 Å². The lowest BCUT2D eigenvalue weighted by Crippen LogP contribution is -2.25. The molecule has 2 N–H and O–H groups in total. The molecule has 0 saturated carbocycles. The summed E-state index contributed by atoms with van der Waals surface area (Å²) in [5, 5.41) is 17.7. The van der Waals surface area contributed by atoms with E-state index in [1.807, 2.05) is 0 Å². The van der Waals surface area contributed by atoms with Crippen LogP contribution in [-0.2, 0) is 4.79 Å². The fraction of sp³-hybridized carbons (Fsp3) is 0.0769. The SMILES string of the molecule is O=C(CNc1ccccc1Cl)N/N=C/c1ccc([N+](=O)[O-])s1. The lowest BCUT2D eigenvalue weighted by molar-refractivity contribution is -0.380. The molecule has 0 fully saturated rings. The summed E-state index contributed by atoms with van der Waals surface area (Å²) >= 11 is 6.91. The maximum absolute atomic E-state index is 11.6. The predicted molar refractivity (Wildman–Crippen MR) is 86.7 cm³/mol. The van der Waals surface area contributed by atoms with E-state index >= 15 is 0 Å². The molecular formula is C13H11ClN4O3S. The van der Waals surface area contributed by atoms with E-state index in [9.17, 15) is 14.9 Å². The molecular weight excluding hydrogens is 328 g/mol. The summed E-state index contributed by atoms with van der Waals surface area (Å²) in [6, 6.07) is 9.99. The molecule has 22 heavy (non-hydrogen) atoms. The summed E-state index contributed by atoms with van der Waals surface area (Å²) in [5.74, 6) is -0.359. The van der Waals surface area contributed by atoms with Gasteiger partial charge in [0.05, 0.1) is 33.3 Å². The van der Waals surface area contributed by atoms with Crippen molar-refractivity contribution in [2.24, 2.45) is 5.10 Å². The molecule has 114 valence electrons. The largest absolute Gasteiger partial charge is 0.375 e. The highest BCUT2D eigenvalue weighted by molar-refractivity contribution is 7.16. The number of hydrogen-bond donors (Lipinski definition) is 2. The fourth-order valence-electron chi connectivity index (χ4n) is 1.50. The van der Waals surface area contributed by atoms with E-state index in [0.717, 1.165) is 11.3 Å². The lowest BCUT2D eigenvalue weighted by Gasteiger charge is -2.06. The standard InChI is InChI=1S/C13H11ClN4O3S/c14-10-3-1-2-4-11(10)15-8-12(19)17-16-7-9-5-6-13(22-9)18(20)21/h1-7,15H,8H2,(H,17,19)/b16-7+. The molecule has 1 heterocycles. The van der Waals surface area contributed by atoms with Gasteiger partial charge in [0, 0.05) is 6.07 Å². The van der Waals surface area contributed by atoms with Crippen LogP contribution in [-0.4, -0.2) is 23.6 Å². The molecule has 0 saturated heterocycles. The van der Waals surface area contributed by atoms with Crippen molar-refractivity contribution in [1.29, 1.82) is 0 Å². The maximum Gasteiger partial charge on any atom is 0.324 e. The molecule has 0 aliphatic heterocycles. The van der Waals surface area contributed by atoms with Crippen LogP contribution in [0.4, 0.5) is 10.7 Å². The van der Waals surface area contributed by atoms with Crippen molar-refractivity contribution < 1.29 is 9.72 Å². The van der Waals surface area contributed by atoms with Gasteiger partial charge in [-0.1, -0.05) is 35.1 Å². The minimum absolute atomic E-state index is 0.00562. The summed E-state index contributed by atoms with van der Waals surface area (Å²) in [6.07, 6.45) is 1.35. The van der Waals surface area contributed by atoms with Crippen molar-refractivity contribution >= 4 is 45.7 Å². The van der Waals surface area contributed by atoms with Crippen molar-refractivity contribution in [3.8, 4) is 0 Å². The van der Waals surface area contributed by atoms with Crippen LogP contribution in [0.1, 0.15) is 4.88 Å². The quantitative estimate of drug-likeness (QED) is 0.481. The maximum atomic E-state index is 11.6. The van der Waals surface area contributed by atoms with Crippen LogP contribution in [0.15, 0.2) is 41.5 Å². The summed E-state index contributed by atoms with van der Waals surface area (Å²) < 4.78 is 0. The molecule has 1 aromatic heterocycles. The zero-order chi connectivity index (χ0) is 15.9. The van der Waals surface area contributed by atoms with Gasteiger partial charge >= 0.3 is 5.00 Å². The predicted octanol–water partition coefficient (Wildman–Crippen LogP) is 2.87. The summed E-state index contributed by atoms with van der Waals surface area (Å²) in [4.78, 5) is 22.2. The minimum atomic E-state index is -0.478. The Kier molecular flexibility index (Phi) is 5.45. The third-order valence-corrected chi connectivity index (χ3v) is 3.79. The fourth-order valence-corrected chi connectivity index (χ4v) is 2.39. The average Bonchev–Trinajstić information content (AvgIpc) is 2.95. The molecule has 0 unspecified atom stereocenters. The summed E-state index contributed by atoms with van der Waals surface area (Å²) in [7, 11) is 0. The van der Waals surface area contributed by atoms with E-state index < -0.39 is 4.92 Å². The molecule has 2 aromatic rings. The van der Waals surface area contributed by atoms with Gasteiger partial charge in [-0.25, -0.2) is 5.43 Å². The number of carbonyl (C=O) groups is 1. The molecule has 2 rings (SSSR count). The Labute approximate surface area is 134 Å². The van der Waals surface area contributed by atoms with Gasteiger partial charge in [-0.3, -0.25) is 14.9 Å². The highest BCUT2D eigenvalue weighted by atomic mass is 35.5. The first-order chi connectivity index (χ1) is 10.6. The van der Waals surface area contributed by atoms with E-state index in [4.69, 9.17) is 11.6 Å². The Morgan fingerprint density at radius 2 is 2.14 bits per heavy atom. The van der Waals surface area contributed by atoms with Crippen molar-refractivity contribution in [2.75, 3.05) is 11.9 Å². The van der Waals surface area contributed by atoms with Gasteiger partial charge in [-0.05, 0) is 18.2 Å². The Hall–Kier alpha value is -2.45. The van der Waals surface area contributed by atoms with Crippen molar-refractivity contribution in [2.45, 2.75) is 0 Å². The van der Waals surface area contributed by atoms with Crippen molar-refractivity contribution in [1.82, 2.24) is 5.43 Å². The number of rotatable bonds is 6. The van der Waals surface area contributed by atoms with Gasteiger partial charge < -0.3 is 5.32 Å². The minimum Gasteiger partial charge on any atom is -0.375 e. The van der Waals surface area contributed by atoms with Crippen LogP contribution in [0.2, 0.25) is 5.02 Å². The molecule has 0 spiro atoms. The van der Waals surface area contributed by atoms with Crippen LogP contribution in [0.25, 0.3) is 0 Å². The van der Waals surface area contributed by atoms with Crippen LogP contribution < -0.4 is 10.7 Å². The van der Waals surface area contributed by atoms with Crippen LogP contribution in [0.5, 0.6) is 0 Å². The van der Waals surface area contributed by atoms with Crippen molar-refractivity contribution in [3.05, 3.63) is 56.4 Å². The number of para-hydroxylation sites is 1. The zero-order valence-electron chi connectivity index (χ0n) is 11.2. The average molecular weight is 339 g/mol. The van der Waals surface area contributed by atoms with Crippen LogP contribution in [0.3, 0.4) is 0 Å². The normalized spacial score (nSPS) is 10.6. The third kappa shape index (κ3) is 4.54. The second-order valence-electron chi connectivity index (χ2n) is 4.06. The van der Waals surface area contributed by atoms with Crippen LogP contribution in [0, 0.1) is 10.1 Å². The molecule has 7 nitrogen and oxygen atoms in total. The number of nitrogens with zero attached hydrogens (tertiary/aromatic N) is 2. The number of benzene rings is 1. The highest BCUT2D eigenvalue weighted by Gasteiger charge is 2.08. The van der Waals surface area contributed by atoms with E-state index in [1.54, 1.807) is 30.3 Å². The smallest absolute Gasteiger partial charge is 0.324 e. The molecule has 1 aromatic carbocycles. The van der Waals surface area contributed by atoms with E-state index in [-0.39, 0.29) is 17.5 Å². The Morgan fingerprint density at radius 1 is 1.36 bits per heavy atom. The number of nitrogens with one attached hydrogen (secondary N) is 2. The molecule has 0 radical (unpaired) electrons. The first-order valence-corrected chi connectivity index (χ1v) is 7.30. The monoisotopic (exact) mass is 338 g/mol. The first kappa shape index (κ1) is 15.9. The number of carbonyl (C=O) groups excluding carboxylic acids is 1. The number of amides is 1. The molecule has 1 amide bonds. The third-order valence-electron chi connectivity index (χ3n) is 2.49. The Balaban J connectivity index is 1.81.